The number of pyridine rings is 1. The fraction of sp³-hybridized carbons (Fsp3) is 0.719. The van der Waals surface area contributed by atoms with Crippen LogP contribution in [-0.4, -0.2) is 47.5 Å². The first-order valence-electron chi connectivity index (χ1n) is 14.8. The predicted molar refractivity (Wildman–Crippen MR) is 151 cm³/mol. The van der Waals surface area contributed by atoms with Gasteiger partial charge in [0.05, 0.1) is 11.9 Å². The van der Waals surface area contributed by atoms with Crippen LogP contribution in [-0.2, 0) is 25.6 Å². The molecule has 214 valence electrons. The highest BCUT2D eigenvalue weighted by molar-refractivity contribution is 8.00. The maximum absolute atomic E-state index is 13.5. The van der Waals surface area contributed by atoms with E-state index in [0.29, 0.717) is 12.8 Å². The molecule has 4 fully saturated rings. The second kappa shape index (κ2) is 10.9. The van der Waals surface area contributed by atoms with Crippen LogP contribution in [0.25, 0.3) is 0 Å². The smallest absolute Gasteiger partial charge is 0.316 e. The Labute approximate surface area is 237 Å². The molecule has 3 saturated carbocycles. The summed E-state index contributed by atoms with van der Waals surface area (Å²) in [5.41, 5.74) is -1.36. The summed E-state index contributed by atoms with van der Waals surface area (Å²) in [6.45, 7) is 14.3. The molecular formula is C32H46NO5S+. The molecular weight excluding hydrogens is 510 g/mol. The molecule has 39 heavy (non-hydrogen) atoms. The summed E-state index contributed by atoms with van der Waals surface area (Å²) in [6, 6.07) is 4.07. The molecule has 4 aliphatic rings. The Kier molecular flexibility index (Phi) is 8.08. The van der Waals surface area contributed by atoms with Gasteiger partial charge in [-0.3, -0.25) is 9.59 Å². The first-order valence-corrected chi connectivity index (χ1v) is 15.8. The highest BCUT2D eigenvalue weighted by atomic mass is 32.2. The lowest BCUT2D eigenvalue weighted by Crippen LogP contribution is -2.63. The zero-order valence-corrected chi connectivity index (χ0v) is 24.9. The second-order valence-corrected chi connectivity index (χ2v) is 14.3. The normalized spacial score (nSPS) is 41.9. The number of hydrogen-bond acceptors (Lipinski definition) is 6. The lowest BCUT2D eigenvalue weighted by atomic mass is 9.44. The van der Waals surface area contributed by atoms with Crippen molar-refractivity contribution in [2.45, 2.75) is 102 Å². The molecule has 1 aliphatic heterocycles. The number of hydrogen-bond donors (Lipinski definition) is 1. The monoisotopic (exact) mass is 556 g/mol. The van der Waals surface area contributed by atoms with Gasteiger partial charge in [0.2, 0.25) is 0 Å². The number of ether oxygens (including phenoxy) is 2. The molecule has 5 rings (SSSR count). The molecule has 0 radical (unpaired) electrons. The molecule has 1 N–H and O–H groups in total. The number of carbonyl (C=O) groups is 2. The lowest BCUT2D eigenvalue weighted by Gasteiger charge is -2.61. The first-order chi connectivity index (χ1) is 18.5. The van der Waals surface area contributed by atoms with Gasteiger partial charge in [-0.2, -0.15) is 0 Å². The Morgan fingerprint density at radius 3 is 2.67 bits per heavy atom. The largest absolute Gasteiger partial charge is 0.461 e. The average Bonchev–Trinajstić information content (AvgIpc) is 3.57. The van der Waals surface area contributed by atoms with Gasteiger partial charge in [0.25, 0.3) is 0 Å². The van der Waals surface area contributed by atoms with Crippen molar-refractivity contribution in [3.63, 3.8) is 0 Å². The van der Waals surface area contributed by atoms with E-state index >= 15 is 0 Å². The highest BCUT2D eigenvalue weighted by Crippen LogP contribution is 2.68. The summed E-state index contributed by atoms with van der Waals surface area (Å²) in [7, 11) is 0. The molecule has 0 spiro atoms. The Morgan fingerprint density at radius 1 is 1.26 bits per heavy atom. The van der Waals surface area contributed by atoms with Crippen molar-refractivity contribution in [3.8, 4) is 0 Å². The van der Waals surface area contributed by atoms with Gasteiger partial charge < -0.3 is 14.6 Å². The fourth-order valence-corrected chi connectivity index (χ4v) is 9.19. The summed E-state index contributed by atoms with van der Waals surface area (Å²) in [5, 5.41) is 11.7. The van der Waals surface area contributed by atoms with E-state index in [1.54, 1.807) is 0 Å². The van der Waals surface area contributed by atoms with Crippen molar-refractivity contribution in [2.24, 2.45) is 34.0 Å². The summed E-state index contributed by atoms with van der Waals surface area (Å²) in [5.74, 6) is 0.202. The molecule has 1 unspecified atom stereocenters. The molecule has 0 aromatic carbocycles. The van der Waals surface area contributed by atoms with Crippen LogP contribution in [0.5, 0.6) is 0 Å². The third-order valence-electron chi connectivity index (χ3n) is 11.2. The number of aliphatic hydroxyl groups is 1. The van der Waals surface area contributed by atoms with Crippen LogP contribution in [0, 0.1) is 34.0 Å². The third-order valence-corrected chi connectivity index (χ3v) is 12.2. The second-order valence-electron chi connectivity index (χ2n) is 13.2. The first kappa shape index (κ1) is 28.8. The maximum Gasteiger partial charge on any atom is 0.316 e. The molecule has 3 aliphatic carbocycles. The molecule has 7 heteroatoms. The lowest BCUT2D eigenvalue weighted by molar-refractivity contribution is -0.703. The van der Waals surface area contributed by atoms with Crippen molar-refractivity contribution in [1.29, 1.82) is 0 Å². The molecule has 2 heterocycles. The predicted octanol–water partition coefficient (Wildman–Crippen LogP) is 5.15. The molecule has 2 bridgehead atoms. The van der Waals surface area contributed by atoms with E-state index in [-0.39, 0.29) is 46.8 Å². The van der Waals surface area contributed by atoms with Gasteiger partial charge in [0.1, 0.15) is 18.0 Å². The van der Waals surface area contributed by atoms with E-state index in [1.807, 2.05) is 37.5 Å². The number of nitrogens with zero attached hydrogens (tertiary/aromatic N) is 1. The fourth-order valence-electron chi connectivity index (χ4n) is 8.52. The number of Topliss-reactive ketones (excluding diaryl/α,β-unsaturated/α-hetero) is 1. The van der Waals surface area contributed by atoms with Crippen molar-refractivity contribution >= 4 is 23.5 Å². The van der Waals surface area contributed by atoms with Crippen LogP contribution in [0.3, 0.4) is 0 Å². The van der Waals surface area contributed by atoms with E-state index in [4.69, 9.17) is 9.47 Å². The molecule has 6 nitrogen and oxygen atoms in total. The van der Waals surface area contributed by atoms with Crippen molar-refractivity contribution in [1.82, 2.24) is 0 Å². The van der Waals surface area contributed by atoms with Crippen LogP contribution >= 0.6 is 11.8 Å². The number of aromatic nitrogens is 1. The van der Waals surface area contributed by atoms with Crippen molar-refractivity contribution in [3.05, 3.63) is 37.2 Å². The minimum absolute atomic E-state index is 0.0305. The Balaban J connectivity index is 1.34. The van der Waals surface area contributed by atoms with E-state index in [0.717, 1.165) is 50.2 Å². The van der Waals surface area contributed by atoms with E-state index < -0.39 is 23.0 Å². The third kappa shape index (κ3) is 5.01. The Hall–Kier alpha value is -1.70. The van der Waals surface area contributed by atoms with Gasteiger partial charge in [-0.25, -0.2) is 4.57 Å². The SMILES string of the molecule is C=C[C@]1(C)C[C@@H](OC(=O)CSc2cc[n+](CC3CCCO3)cc2)[C@]2(C)[C@H](C)CC[C@]3(CCC(=O)[C@H]32)[C@@H](C)[C@@H]1O. The Morgan fingerprint density at radius 2 is 2.00 bits per heavy atom. The summed E-state index contributed by atoms with van der Waals surface area (Å²) in [6.07, 6.45) is 11.0. The summed E-state index contributed by atoms with van der Waals surface area (Å²) in [4.78, 5) is 27.9. The number of carbonyl (C=O) groups excluding carboxylic acids is 2. The van der Waals surface area contributed by atoms with Crippen LogP contribution in [0.4, 0.5) is 0 Å². The van der Waals surface area contributed by atoms with Crippen molar-refractivity contribution < 1.29 is 28.7 Å². The summed E-state index contributed by atoms with van der Waals surface area (Å²) >= 11 is 1.47. The van der Waals surface area contributed by atoms with E-state index in [9.17, 15) is 14.7 Å². The number of aliphatic hydroxyl groups excluding tert-OH is 1. The number of esters is 1. The average molecular weight is 557 g/mol. The van der Waals surface area contributed by atoms with E-state index in [1.165, 1.54) is 11.8 Å². The summed E-state index contributed by atoms with van der Waals surface area (Å²) < 4.78 is 14.2. The van der Waals surface area contributed by atoms with E-state index in [2.05, 4.69) is 31.9 Å². The number of rotatable bonds is 7. The zero-order valence-electron chi connectivity index (χ0n) is 24.1. The van der Waals surface area contributed by atoms with Crippen LogP contribution < -0.4 is 4.57 Å². The minimum Gasteiger partial charge on any atom is -0.461 e. The van der Waals surface area contributed by atoms with Crippen LogP contribution in [0.1, 0.15) is 72.6 Å². The van der Waals surface area contributed by atoms with Gasteiger partial charge in [-0.15, -0.1) is 18.3 Å². The molecule has 0 amide bonds. The van der Waals surface area contributed by atoms with Gasteiger partial charge >= 0.3 is 5.97 Å². The van der Waals surface area contributed by atoms with Crippen LogP contribution in [0.15, 0.2) is 42.1 Å². The molecule has 1 aromatic rings. The Bertz CT molecular complexity index is 1090. The molecule has 1 saturated heterocycles. The quantitative estimate of drug-likeness (QED) is 0.217. The van der Waals surface area contributed by atoms with Gasteiger partial charge in [-0.05, 0) is 55.8 Å². The topological polar surface area (TPSA) is 76.7 Å². The molecule has 9 atom stereocenters. The van der Waals surface area contributed by atoms with Gasteiger partial charge in [0, 0.05) is 46.8 Å². The zero-order chi connectivity index (χ0) is 28.0. The van der Waals surface area contributed by atoms with Crippen LogP contribution in [0.2, 0.25) is 0 Å². The number of ketones is 1. The number of thioether (sulfide) groups is 1. The van der Waals surface area contributed by atoms with Gasteiger partial charge in [-0.1, -0.05) is 33.8 Å². The minimum atomic E-state index is -0.650. The maximum atomic E-state index is 13.5. The highest BCUT2D eigenvalue weighted by Gasteiger charge is 2.68. The molecule has 1 aromatic heterocycles. The van der Waals surface area contributed by atoms with Gasteiger partial charge in [0.15, 0.2) is 18.9 Å². The van der Waals surface area contributed by atoms with Crippen molar-refractivity contribution in [2.75, 3.05) is 12.4 Å². The standard InChI is InChI=1S/C32H46NO5S/c1-6-30(4)18-26(31(5)21(2)9-13-32(22(3)29(30)36)14-10-25(34)28(31)32)38-27(35)20-39-24-11-15-33(16-12-24)19-23-8-7-17-37-23/h6,11-12,15-16,21-23,26,28-29,36H,1,7-10,13-14,17-20H2,2-5H3/q+1/t21-,22+,23?,26-,28+,29+,30-,31+,32+/m1/s1.